The Morgan fingerprint density at radius 2 is 0.925 bits per heavy atom. The molecule has 14 nitrogen and oxygen atoms in total. The van der Waals surface area contributed by atoms with Crippen LogP contribution < -0.4 is 11.5 Å². The summed E-state index contributed by atoms with van der Waals surface area (Å²) in [5.41, 5.74) is 11.6. The lowest BCUT2D eigenvalue weighted by Crippen LogP contribution is -2.04. The van der Waals surface area contributed by atoms with Gasteiger partial charge < -0.3 is 31.9 Å². The molecule has 0 aliphatic carbocycles. The maximum atomic E-state index is 11.6. The molecule has 0 aliphatic heterocycles. The molecule has 0 saturated carbocycles. The fourth-order valence-electron chi connectivity index (χ4n) is 5.69. The summed E-state index contributed by atoms with van der Waals surface area (Å²) in [5, 5.41) is 42.8. The van der Waals surface area contributed by atoms with E-state index in [9.17, 15) is 56.0 Å². The zero-order chi connectivity index (χ0) is 38.8. The number of fused-ring (bicyclic) bond motifs is 2. The number of nitrogens with two attached hydrogens (primary N) is 2. The van der Waals surface area contributed by atoms with Gasteiger partial charge in [-0.3, -0.25) is 9.11 Å². The number of hydrogen-bond donors (Lipinski definition) is 8. The van der Waals surface area contributed by atoms with Crippen molar-refractivity contribution in [2.75, 3.05) is 11.5 Å². The molecule has 6 aromatic carbocycles. The number of nitrogen functional groups attached to an aromatic ring is 2. The van der Waals surface area contributed by atoms with Crippen molar-refractivity contribution in [3.8, 4) is 11.5 Å². The quantitative estimate of drug-likeness (QED) is 0.0509. The highest BCUT2D eigenvalue weighted by molar-refractivity contribution is 7.86. The highest BCUT2D eigenvalue weighted by Gasteiger charge is 2.23. The normalized spacial score (nSPS) is 11.7. The molecule has 0 aliphatic rings. The molecule has 53 heavy (non-hydrogen) atoms. The van der Waals surface area contributed by atoms with E-state index in [1.54, 1.807) is 48.5 Å². The number of carboxylic acids is 2. The number of carbonyl (C=O) groups is 2. The van der Waals surface area contributed by atoms with Gasteiger partial charge in [0.2, 0.25) is 0 Å². The average molecular weight is 759 g/mol. The Labute approximate surface area is 302 Å². The minimum atomic E-state index is -4.52. The molecule has 0 unspecified atom stereocenters. The Bertz CT molecular complexity index is 2520. The Morgan fingerprint density at radius 1 is 0.566 bits per heavy atom. The van der Waals surface area contributed by atoms with Gasteiger partial charge in [-0.05, 0) is 69.1 Å². The van der Waals surface area contributed by atoms with E-state index in [0.29, 0.717) is 32.7 Å². The SMILES string of the molecule is Nc1ccc(C=Cc2ccc(N)cc2S(=O)(=O)O)c(S(=O)(=O)O)c1.O=C(O)c1cc2ccccc2c(Cc2c(O)c(C(=O)O)cc3ccccc23)c1O. The molecule has 0 spiro atoms. The first-order valence-corrected chi connectivity index (χ1v) is 18.1. The van der Waals surface area contributed by atoms with E-state index in [0.717, 1.165) is 12.1 Å². The third-order valence-electron chi connectivity index (χ3n) is 8.14. The number of phenols is 2. The van der Waals surface area contributed by atoms with Crippen molar-refractivity contribution in [3.63, 3.8) is 0 Å². The monoisotopic (exact) mass is 758 g/mol. The third kappa shape index (κ3) is 8.21. The van der Waals surface area contributed by atoms with E-state index in [1.807, 2.05) is 0 Å². The lowest BCUT2D eigenvalue weighted by atomic mass is 9.90. The molecule has 272 valence electrons. The maximum Gasteiger partial charge on any atom is 0.339 e. The number of benzene rings is 6. The first kappa shape index (κ1) is 37.8. The van der Waals surface area contributed by atoms with Gasteiger partial charge in [0, 0.05) is 28.9 Å². The number of hydrogen-bond acceptors (Lipinski definition) is 10. The van der Waals surface area contributed by atoms with Crippen molar-refractivity contribution in [2.45, 2.75) is 16.2 Å². The lowest BCUT2D eigenvalue weighted by Gasteiger charge is -2.16. The number of rotatable bonds is 8. The van der Waals surface area contributed by atoms with Crippen LogP contribution in [0, 0.1) is 0 Å². The van der Waals surface area contributed by atoms with E-state index in [4.69, 9.17) is 11.5 Å². The molecule has 0 bridgehead atoms. The first-order valence-electron chi connectivity index (χ1n) is 15.2. The fourth-order valence-corrected chi connectivity index (χ4v) is 7.13. The van der Waals surface area contributed by atoms with Crippen LogP contribution >= 0.6 is 0 Å². The van der Waals surface area contributed by atoms with E-state index in [-0.39, 0.29) is 40.0 Å². The van der Waals surface area contributed by atoms with Crippen molar-refractivity contribution >= 4 is 77.2 Å². The van der Waals surface area contributed by atoms with Crippen molar-refractivity contribution < 1.29 is 56.0 Å². The van der Waals surface area contributed by atoms with Gasteiger partial charge in [-0.2, -0.15) is 16.8 Å². The number of aromatic carboxylic acids is 2. The zero-order valence-electron chi connectivity index (χ0n) is 27.2. The molecule has 0 atom stereocenters. The Morgan fingerprint density at radius 3 is 1.26 bits per heavy atom. The van der Waals surface area contributed by atoms with Crippen LogP contribution in [0.15, 0.2) is 107 Å². The Kier molecular flexibility index (Phi) is 10.4. The van der Waals surface area contributed by atoms with Crippen LogP contribution in [0.3, 0.4) is 0 Å². The van der Waals surface area contributed by atoms with Gasteiger partial charge >= 0.3 is 11.9 Å². The smallest absolute Gasteiger partial charge is 0.339 e. The highest BCUT2D eigenvalue weighted by atomic mass is 32.2. The topological polar surface area (TPSA) is 276 Å². The van der Waals surface area contributed by atoms with Crippen molar-refractivity contribution in [1.82, 2.24) is 0 Å². The molecule has 0 radical (unpaired) electrons. The lowest BCUT2D eigenvalue weighted by molar-refractivity contribution is 0.0682. The summed E-state index contributed by atoms with van der Waals surface area (Å²) < 4.78 is 64.1. The van der Waals surface area contributed by atoms with Crippen LogP contribution in [0.2, 0.25) is 0 Å². The standard InChI is InChI=1S/C23H16O6.C14H14N2O6S2/c24-20-16(14-7-3-1-5-12(14)9-18(20)22(26)27)11-17-15-8-4-2-6-13(15)10-19(21(17)25)23(28)29;15-11-5-3-9(13(7-11)23(17,18)19)1-2-10-4-6-12(16)8-14(10)24(20,21)22/h1-10,24-25H,11H2,(H,26,27)(H,28,29);1-8H,15-16H2,(H,17,18,19)(H,20,21,22). The second kappa shape index (κ2) is 14.6. The molecule has 6 aromatic rings. The zero-order valence-corrected chi connectivity index (χ0v) is 28.8. The summed E-state index contributed by atoms with van der Waals surface area (Å²) in [6.45, 7) is 0. The molecule has 0 aromatic heterocycles. The van der Waals surface area contributed by atoms with Crippen LogP contribution in [-0.2, 0) is 26.7 Å². The van der Waals surface area contributed by atoms with Crippen molar-refractivity contribution in [2.24, 2.45) is 0 Å². The maximum absolute atomic E-state index is 11.6. The first-order chi connectivity index (χ1) is 24.9. The van der Waals surface area contributed by atoms with Crippen LogP contribution in [0.1, 0.15) is 43.0 Å². The molecule has 16 heteroatoms. The summed E-state index contributed by atoms with van der Waals surface area (Å²) in [5.74, 6) is -3.36. The van der Waals surface area contributed by atoms with Gasteiger partial charge in [0.15, 0.2) is 0 Å². The van der Waals surface area contributed by atoms with Crippen LogP contribution in [0.25, 0.3) is 33.7 Å². The molecule has 0 fully saturated rings. The van der Waals surface area contributed by atoms with Gasteiger partial charge in [0.05, 0.1) is 0 Å². The molecule has 0 heterocycles. The van der Waals surface area contributed by atoms with E-state index in [2.05, 4.69) is 0 Å². The van der Waals surface area contributed by atoms with Crippen molar-refractivity contribution in [1.29, 1.82) is 0 Å². The van der Waals surface area contributed by atoms with Gasteiger partial charge in [0.25, 0.3) is 20.2 Å². The average Bonchev–Trinajstić information content (AvgIpc) is 3.09. The molecule has 10 N–H and O–H groups in total. The fraction of sp³-hybridized carbons (Fsp3) is 0.0270. The second-order valence-corrected chi connectivity index (χ2v) is 14.4. The molecular weight excluding hydrogens is 729 g/mol. The predicted octanol–water partition coefficient (Wildman–Crippen LogP) is 5.91. The van der Waals surface area contributed by atoms with Gasteiger partial charge in [-0.15, -0.1) is 0 Å². The summed E-state index contributed by atoms with van der Waals surface area (Å²) >= 11 is 0. The van der Waals surface area contributed by atoms with E-state index in [1.165, 1.54) is 48.6 Å². The second-order valence-electron chi connectivity index (χ2n) is 11.6. The number of carboxylic acid groups (broad SMARTS) is 2. The molecule has 0 amide bonds. The summed E-state index contributed by atoms with van der Waals surface area (Å²) in [4.78, 5) is 22.4. The summed E-state index contributed by atoms with van der Waals surface area (Å²) in [6, 6.07) is 24.4. The van der Waals surface area contributed by atoms with Gasteiger partial charge in [-0.1, -0.05) is 72.8 Å². The van der Waals surface area contributed by atoms with Gasteiger partial charge in [-0.25, -0.2) is 9.59 Å². The summed E-state index contributed by atoms with van der Waals surface area (Å²) in [6.07, 6.45) is 2.49. The van der Waals surface area contributed by atoms with Crippen LogP contribution in [0.5, 0.6) is 11.5 Å². The van der Waals surface area contributed by atoms with E-state index >= 15 is 0 Å². The molecule has 0 saturated heterocycles. The molecule has 6 rings (SSSR count). The minimum Gasteiger partial charge on any atom is -0.507 e. The predicted molar refractivity (Wildman–Crippen MR) is 198 cm³/mol. The summed E-state index contributed by atoms with van der Waals surface area (Å²) in [7, 11) is -9.05. The highest BCUT2D eigenvalue weighted by Crippen LogP contribution is 2.39. The number of aromatic hydroxyl groups is 2. The van der Waals surface area contributed by atoms with E-state index < -0.39 is 53.5 Å². The van der Waals surface area contributed by atoms with Gasteiger partial charge in [0.1, 0.15) is 32.4 Å². The van der Waals surface area contributed by atoms with Crippen LogP contribution in [0.4, 0.5) is 11.4 Å². The minimum absolute atomic E-state index is 0.0407. The third-order valence-corrected chi connectivity index (χ3v) is 9.96. The Hall–Kier alpha value is -6.46. The molecular formula is C37H30N2O12S2. The Balaban J connectivity index is 0.000000209. The van der Waals surface area contributed by atoms with Crippen LogP contribution in [-0.4, -0.2) is 58.3 Å². The van der Waals surface area contributed by atoms with Crippen molar-refractivity contribution in [3.05, 3.63) is 130 Å². The largest absolute Gasteiger partial charge is 0.507 e. The number of anilines is 2.